The summed E-state index contributed by atoms with van der Waals surface area (Å²) in [5.41, 5.74) is 1.16. The molecule has 0 radical (unpaired) electrons. The molecular formula is C17H11ClFNO3. The number of ether oxygens (including phenoxy) is 2. The van der Waals surface area contributed by atoms with Gasteiger partial charge in [0.15, 0.2) is 17.3 Å². The first kappa shape index (κ1) is 15.2. The number of nitrogens with zero attached hydrogens (tertiary/aromatic N) is 1. The van der Waals surface area contributed by atoms with E-state index >= 15 is 0 Å². The third kappa shape index (κ3) is 3.24. The van der Waals surface area contributed by atoms with Crippen molar-refractivity contribution in [2.24, 2.45) is 4.99 Å². The molecule has 0 saturated carbocycles. The molecule has 1 heterocycles. The number of cyclic esters (lactones) is 1. The zero-order valence-corrected chi connectivity index (χ0v) is 12.8. The zero-order chi connectivity index (χ0) is 16.4. The molecular weight excluding hydrogens is 321 g/mol. The van der Waals surface area contributed by atoms with Gasteiger partial charge in [-0.2, -0.15) is 0 Å². The summed E-state index contributed by atoms with van der Waals surface area (Å²) in [5, 5.41) is 0.510. The largest absolute Gasteiger partial charge is 0.494 e. The van der Waals surface area contributed by atoms with Crippen LogP contribution in [0.15, 0.2) is 53.2 Å². The maximum Gasteiger partial charge on any atom is 0.363 e. The monoisotopic (exact) mass is 331 g/mol. The molecule has 116 valence electrons. The van der Waals surface area contributed by atoms with Gasteiger partial charge < -0.3 is 9.47 Å². The van der Waals surface area contributed by atoms with E-state index in [1.807, 2.05) is 0 Å². The molecule has 0 atom stereocenters. The van der Waals surface area contributed by atoms with Gasteiger partial charge in [0.2, 0.25) is 5.90 Å². The highest BCUT2D eigenvalue weighted by atomic mass is 35.5. The first-order valence-electron chi connectivity index (χ1n) is 6.69. The van der Waals surface area contributed by atoms with Gasteiger partial charge in [0.1, 0.15) is 0 Å². The molecule has 0 unspecified atom stereocenters. The fourth-order valence-electron chi connectivity index (χ4n) is 2.08. The van der Waals surface area contributed by atoms with Gasteiger partial charge in [0.25, 0.3) is 0 Å². The Hall–Kier alpha value is -2.66. The van der Waals surface area contributed by atoms with Crippen LogP contribution < -0.4 is 4.74 Å². The molecule has 0 saturated heterocycles. The maximum absolute atomic E-state index is 13.7. The Labute approximate surface area is 136 Å². The molecule has 0 N–H and O–H groups in total. The Balaban J connectivity index is 1.93. The van der Waals surface area contributed by atoms with Crippen molar-refractivity contribution < 1.29 is 18.7 Å². The van der Waals surface area contributed by atoms with Gasteiger partial charge >= 0.3 is 5.97 Å². The molecule has 0 bridgehead atoms. The minimum absolute atomic E-state index is 0.0875. The van der Waals surface area contributed by atoms with Crippen LogP contribution >= 0.6 is 11.6 Å². The molecule has 2 aromatic carbocycles. The van der Waals surface area contributed by atoms with Crippen LogP contribution in [0.5, 0.6) is 5.75 Å². The highest BCUT2D eigenvalue weighted by Crippen LogP contribution is 2.23. The summed E-state index contributed by atoms with van der Waals surface area (Å²) >= 11 is 5.91. The van der Waals surface area contributed by atoms with Crippen molar-refractivity contribution in [1.82, 2.24) is 0 Å². The Morgan fingerprint density at radius 3 is 2.78 bits per heavy atom. The van der Waals surface area contributed by atoms with E-state index in [4.69, 9.17) is 21.1 Å². The Kier molecular flexibility index (Phi) is 4.12. The van der Waals surface area contributed by atoms with Crippen LogP contribution in [0.2, 0.25) is 5.02 Å². The number of carbonyl (C=O) groups excluding carboxylic acids is 1. The smallest absolute Gasteiger partial charge is 0.363 e. The quantitative estimate of drug-likeness (QED) is 0.634. The summed E-state index contributed by atoms with van der Waals surface area (Å²) in [4.78, 5) is 16.0. The minimum Gasteiger partial charge on any atom is -0.494 e. The lowest BCUT2D eigenvalue weighted by molar-refractivity contribution is -0.129. The van der Waals surface area contributed by atoms with Gasteiger partial charge in [-0.1, -0.05) is 23.7 Å². The number of halogens is 2. The lowest BCUT2D eigenvalue weighted by atomic mass is 10.2. The molecule has 23 heavy (non-hydrogen) atoms. The Bertz CT molecular complexity index is 845. The standard InChI is InChI=1S/C17H11ClFNO3/c1-22-15-6-5-10(7-13(15)19)8-14-17(21)23-16(20-14)11-3-2-4-12(18)9-11/h2-9H,1H3/b14-8-. The maximum atomic E-state index is 13.7. The van der Waals surface area contributed by atoms with E-state index in [0.717, 1.165) is 0 Å². The third-order valence-corrected chi connectivity index (χ3v) is 3.41. The highest BCUT2D eigenvalue weighted by molar-refractivity contribution is 6.31. The second-order valence-electron chi connectivity index (χ2n) is 4.74. The van der Waals surface area contributed by atoms with Gasteiger partial charge in [0, 0.05) is 10.6 Å². The summed E-state index contributed by atoms with van der Waals surface area (Å²) in [6.07, 6.45) is 1.45. The first-order chi connectivity index (χ1) is 11.1. The van der Waals surface area contributed by atoms with E-state index in [2.05, 4.69) is 4.99 Å². The van der Waals surface area contributed by atoms with E-state index in [1.165, 1.54) is 25.3 Å². The van der Waals surface area contributed by atoms with E-state index < -0.39 is 11.8 Å². The van der Waals surface area contributed by atoms with Crippen molar-refractivity contribution in [2.75, 3.05) is 7.11 Å². The predicted molar refractivity (Wildman–Crippen MR) is 85.0 cm³/mol. The fraction of sp³-hybridized carbons (Fsp3) is 0.0588. The molecule has 0 amide bonds. The second-order valence-corrected chi connectivity index (χ2v) is 5.18. The number of methoxy groups -OCH3 is 1. The molecule has 2 aromatic rings. The number of esters is 1. The summed E-state index contributed by atoms with van der Waals surface area (Å²) in [5.74, 6) is -0.828. The molecule has 1 aliphatic heterocycles. The third-order valence-electron chi connectivity index (χ3n) is 3.17. The number of hydrogen-bond acceptors (Lipinski definition) is 4. The number of benzene rings is 2. The minimum atomic E-state index is -0.601. The van der Waals surface area contributed by atoms with Gasteiger partial charge in [-0.25, -0.2) is 14.2 Å². The molecule has 0 fully saturated rings. The lowest BCUT2D eigenvalue weighted by Crippen LogP contribution is -2.05. The van der Waals surface area contributed by atoms with Gasteiger partial charge in [-0.3, -0.25) is 0 Å². The molecule has 1 aliphatic rings. The van der Waals surface area contributed by atoms with Gasteiger partial charge in [-0.05, 0) is 42.0 Å². The molecule has 0 spiro atoms. The number of rotatable bonds is 3. The summed E-state index contributed by atoms with van der Waals surface area (Å²) < 4.78 is 23.7. The molecule has 0 aromatic heterocycles. The summed E-state index contributed by atoms with van der Waals surface area (Å²) in [7, 11) is 1.38. The number of carbonyl (C=O) groups is 1. The molecule has 6 heteroatoms. The summed E-state index contributed by atoms with van der Waals surface area (Å²) in [6.45, 7) is 0. The lowest BCUT2D eigenvalue weighted by Gasteiger charge is -2.01. The van der Waals surface area contributed by atoms with Crippen LogP contribution in [-0.2, 0) is 9.53 Å². The molecule has 4 nitrogen and oxygen atoms in total. The van der Waals surface area contributed by atoms with Crippen molar-refractivity contribution in [2.45, 2.75) is 0 Å². The van der Waals surface area contributed by atoms with Crippen LogP contribution in [0, 0.1) is 5.82 Å². The van der Waals surface area contributed by atoms with Crippen molar-refractivity contribution in [1.29, 1.82) is 0 Å². The predicted octanol–water partition coefficient (Wildman–Crippen LogP) is 3.83. The van der Waals surface area contributed by atoms with Crippen LogP contribution in [0.4, 0.5) is 4.39 Å². The second kappa shape index (κ2) is 6.22. The van der Waals surface area contributed by atoms with Crippen LogP contribution in [0.25, 0.3) is 6.08 Å². The van der Waals surface area contributed by atoms with Crippen LogP contribution in [-0.4, -0.2) is 19.0 Å². The van der Waals surface area contributed by atoms with E-state index in [-0.39, 0.29) is 17.3 Å². The molecule has 0 aliphatic carbocycles. The van der Waals surface area contributed by atoms with Crippen LogP contribution in [0.1, 0.15) is 11.1 Å². The topological polar surface area (TPSA) is 47.9 Å². The number of aliphatic imine (C=N–C) groups is 1. The fourth-order valence-corrected chi connectivity index (χ4v) is 2.27. The van der Waals surface area contributed by atoms with E-state index in [1.54, 1.807) is 30.3 Å². The summed E-state index contributed by atoms with van der Waals surface area (Å²) in [6, 6.07) is 11.2. The van der Waals surface area contributed by atoms with Crippen molar-refractivity contribution in [3.05, 3.63) is 70.1 Å². The average molecular weight is 332 g/mol. The molecule has 3 rings (SSSR count). The zero-order valence-electron chi connectivity index (χ0n) is 12.0. The SMILES string of the molecule is COc1ccc(/C=C2\N=C(c3cccc(Cl)c3)OC2=O)cc1F. The van der Waals surface area contributed by atoms with E-state index in [9.17, 15) is 9.18 Å². The number of hydrogen-bond donors (Lipinski definition) is 0. The Morgan fingerprint density at radius 1 is 1.26 bits per heavy atom. The van der Waals surface area contributed by atoms with Gasteiger partial charge in [0.05, 0.1) is 7.11 Å². The van der Waals surface area contributed by atoms with Gasteiger partial charge in [-0.15, -0.1) is 0 Å². The average Bonchev–Trinajstić information content (AvgIpc) is 2.89. The van der Waals surface area contributed by atoms with Crippen molar-refractivity contribution in [3.63, 3.8) is 0 Å². The Morgan fingerprint density at radius 2 is 2.09 bits per heavy atom. The van der Waals surface area contributed by atoms with Crippen LogP contribution in [0.3, 0.4) is 0 Å². The highest BCUT2D eigenvalue weighted by Gasteiger charge is 2.24. The van der Waals surface area contributed by atoms with Crippen molar-refractivity contribution >= 4 is 29.5 Å². The van der Waals surface area contributed by atoms with Crippen molar-refractivity contribution in [3.8, 4) is 5.75 Å². The first-order valence-corrected chi connectivity index (χ1v) is 7.06. The normalized spacial score (nSPS) is 15.5. The van der Waals surface area contributed by atoms with E-state index in [0.29, 0.717) is 16.1 Å².